The first-order valence-corrected chi connectivity index (χ1v) is 7.57. The highest BCUT2D eigenvalue weighted by Crippen LogP contribution is 2.25. The van der Waals surface area contributed by atoms with Crippen LogP contribution in [0.2, 0.25) is 0 Å². The van der Waals surface area contributed by atoms with Crippen LogP contribution in [-0.4, -0.2) is 27.0 Å². The molecule has 1 aromatic heterocycles. The van der Waals surface area contributed by atoms with E-state index in [0.717, 1.165) is 10.6 Å². The molecule has 3 rings (SSSR count). The average Bonchev–Trinajstić information content (AvgIpc) is 3.05. The second-order valence-corrected chi connectivity index (χ2v) is 5.50. The van der Waals surface area contributed by atoms with Crippen LogP contribution < -0.4 is 5.43 Å². The maximum atomic E-state index is 11.3. The number of carbonyl (C=O) groups is 1. The molecule has 114 valence electrons. The number of nitrogens with one attached hydrogen (secondary N) is 1. The zero-order valence-corrected chi connectivity index (χ0v) is 12.7. The maximum absolute atomic E-state index is 11.3. The zero-order valence-electron chi connectivity index (χ0n) is 11.9. The number of aliphatic carboxylic acids is 1. The van der Waals surface area contributed by atoms with E-state index in [1.165, 1.54) is 11.3 Å². The van der Waals surface area contributed by atoms with Crippen molar-refractivity contribution in [3.8, 4) is 10.6 Å². The van der Waals surface area contributed by atoms with Crippen LogP contribution in [0.3, 0.4) is 0 Å². The summed E-state index contributed by atoms with van der Waals surface area (Å²) in [6, 6.07) is 18.3. The van der Waals surface area contributed by atoms with Gasteiger partial charge in [-0.1, -0.05) is 72.0 Å². The Bertz CT molecular complexity index is 832. The second-order valence-electron chi connectivity index (χ2n) is 4.52. The average molecular weight is 324 g/mol. The summed E-state index contributed by atoms with van der Waals surface area (Å²) < 4.78 is 0. The molecule has 2 aromatic carbocycles. The van der Waals surface area contributed by atoms with E-state index in [9.17, 15) is 9.90 Å². The highest BCUT2D eigenvalue weighted by Gasteiger charge is 2.13. The number of hydrogen-bond acceptors (Lipinski definition) is 6. The third-order valence-electron chi connectivity index (χ3n) is 2.96. The van der Waals surface area contributed by atoms with Crippen LogP contribution in [-0.2, 0) is 4.79 Å². The Morgan fingerprint density at radius 2 is 1.65 bits per heavy atom. The number of nitrogens with zero attached hydrogens (tertiary/aromatic N) is 3. The summed E-state index contributed by atoms with van der Waals surface area (Å²) >= 11 is 1.30. The molecule has 0 amide bonds. The van der Waals surface area contributed by atoms with Crippen molar-refractivity contribution in [1.29, 1.82) is 0 Å². The Morgan fingerprint density at radius 3 is 2.30 bits per heavy atom. The Labute approximate surface area is 136 Å². The number of benzene rings is 2. The van der Waals surface area contributed by atoms with Crippen molar-refractivity contribution in [1.82, 2.24) is 10.2 Å². The van der Waals surface area contributed by atoms with Gasteiger partial charge in [-0.2, -0.15) is 5.10 Å². The Hall–Kier alpha value is -3.06. The summed E-state index contributed by atoms with van der Waals surface area (Å²) in [6.07, 6.45) is 0. The van der Waals surface area contributed by atoms with Crippen molar-refractivity contribution in [2.45, 2.75) is 0 Å². The molecule has 0 spiro atoms. The first-order valence-electron chi connectivity index (χ1n) is 6.75. The van der Waals surface area contributed by atoms with Crippen molar-refractivity contribution < 1.29 is 9.90 Å². The number of aromatic nitrogens is 2. The second kappa shape index (κ2) is 6.80. The minimum atomic E-state index is -1.11. The smallest absolute Gasteiger partial charge is 0.356 e. The van der Waals surface area contributed by atoms with Gasteiger partial charge in [-0.15, -0.1) is 10.2 Å². The minimum Gasteiger partial charge on any atom is -0.476 e. The van der Waals surface area contributed by atoms with Crippen molar-refractivity contribution >= 4 is 28.1 Å². The molecule has 0 radical (unpaired) electrons. The minimum absolute atomic E-state index is 0.0814. The van der Waals surface area contributed by atoms with E-state index in [1.54, 1.807) is 24.3 Å². The van der Waals surface area contributed by atoms with Gasteiger partial charge >= 0.3 is 5.97 Å². The summed E-state index contributed by atoms with van der Waals surface area (Å²) in [6.45, 7) is 0. The fourth-order valence-corrected chi connectivity index (χ4v) is 2.59. The van der Waals surface area contributed by atoms with E-state index in [2.05, 4.69) is 20.7 Å². The molecule has 0 fully saturated rings. The first kappa shape index (κ1) is 14.9. The number of carboxylic acids is 1. The third-order valence-corrected chi connectivity index (χ3v) is 3.84. The van der Waals surface area contributed by atoms with Gasteiger partial charge in [0.05, 0.1) is 0 Å². The van der Waals surface area contributed by atoms with Crippen molar-refractivity contribution in [3.63, 3.8) is 0 Å². The van der Waals surface area contributed by atoms with E-state index < -0.39 is 5.97 Å². The maximum Gasteiger partial charge on any atom is 0.356 e. The van der Waals surface area contributed by atoms with Crippen molar-refractivity contribution in [3.05, 3.63) is 66.2 Å². The van der Waals surface area contributed by atoms with Crippen LogP contribution in [0.5, 0.6) is 0 Å². The summed E-state index contributed by atoms with van der Waals surface area (Å²) in [5.41, 5.74) is 4.05. The molecule has 6 nitrogen and oxygen atoms in total. The number of rotatable bonds is 5. The first-order chi connectivity index (χ1) is 11.2. The number of hydrogen-bond donors (Lipinski definition) is 2. The molecule has 7 heteroatoms. The van der Waals surface area contributed by atoms with Gasteiger partial charge < -0.3 is 5.11 Å². The quantitative estimate of drug-likeness (QED) is 0.556. The fraction of sp³-hybridized carbons (Fsp3) is 0. The normalized spacial score (nSPS) is 11.2. The predicted octanol–water partition coefficient (Wildman–Crippen LogP) is 3.11. The van der Waals surface area contributed by atoms with Gasteiger partial charge in [-0.25, -0.2) is 4.79 Å². The Morgan fingerprint density at radius 1 is 1.00 bits per heavy atom. The molecule has 3 aromatic rings. The lowest BCUT2D eigenvalue weighted by atomic mass is 10.1. The molecule has 0 saturated heterocycles. The lowest BCUT2D eigenvalue weighted by Gasteiger charge is -2.01. The van der Waals surface area contributed by atoms with Crippen LogP contribution >= 0.6 is 11.3 Å². The molecule has 0 atom stereocenters. The van der Waals surface area contributed by atoms with Crippen LogP contribution in [0.1, 0.15) is 5.56 Å². The van der Waals surface area contributed by atoms with Gasteiger partial charge in [0, 0.05) is 11.1 Å². The van der Waals surface area contributed by atoms with Crippen molar-refractivity contribution in [2.75, 3.05) is 5.43 Å². The van der Waals surface area contributed by atoms with Crippen LogP contribution in [0.15, 0.2) is 65.8 Å². The SMILES string of the molecule is O=C(O)/C(=N/Nc1nnc(-c2ccccc2)s1)c1ccccc1. The third kappa shape index (κ3) is 3.58. The fourth-order valence-electron chi connectivity index (χ4n) is 1.90. The van der Waals surface area contributed by atoms with E-state index >= 15 is 0 Å². The van der Waals surface area contributed by atoms with Gasteiger partial charge in [-0.3, -0.25) is 5.43 Å². The summed E-state index contributed by atoms with van der Waals surface area (Å²) in [7, 11) is 0. The lowest BCUT2D eigenvalue weighted by molar-refractivity contribution is -0.129. The van der Waals surface area contributed by atoms with Gasteiger partial charge in [0.15, 0.2) is 5.71 Å². The van der Waals surface area contributed by atoms with E-state index in [0.29, 0.717) is 10.7 Å². The Kier molecular flexibility index (Phi) is 4.39. The number of carboxylic acid groups (broad SMARTS) is 1. The molecule has 0 bridgehead atoms. The predicted molar refractivity (Wildman–Crippen MR) is 89.6 cm³/mol. The lowest BCUT2D eigenvalue weighted by Crippen LogP contribution is -2.16. The van der Waals surface area contributed by atoms with Gasteiger partial charge in [0.1, 0.15) is 5.01 Å². The molecule has 1 heterocycles. The topological polar surface area (TPSA) is 87.5 Å². The number of hydrazone groups is 1. The molecule has 0 unspecified atom stereocenters. The highest BCUT2D eigenvalue weighted by atomic mass is 32.1. The molecule has 0 aliphatic heterocycles. The monoisotopic (exact) mass is 324 g/mol. The Balaban J connectivity index is 1.81. The van der Waals surface area contributed by atoms with Crippen LogP contribution in [0.4, 0.5) is 5.13 Å². The molecule has 0 aliphatic rings. The largest absolute Gasteiger partial charge is 0.476 e. The van der Waals surface area contributed by atoms with Gasteiger partial charge in [0.25, 0.3) is 0 Å². The number of anilines is 1. The van der Waals surface area contributed by atoms with Gasteiger partial charge in [0.2, 0.25) is 5.13 Å². The van der Waals surface area contributed by atoms with Crippen LogP contribution in [0.25, 0.3) is 10.6 Å². The summed E-state index contributed by atoms with van der Waals surface area (Å²) in [5, 5.41) is 22.4. The van der Waals surface area contributed by atoms with E-state index in [-0.39, 0.29) is 5.71 Å². The molecular formula is C16H12N4O2S. The summed E-state index contributed by atoms with van der Waals surface area (Å²) in [5.74, 6) is -1.11. The molecule has 0 saturated carbocycles. The van der Waals surface area contributed by atoms with E-state index in [4.69, 9.17) is 0 Å². The summed E-state index contributed by atoms with van der Waals surface area (Å²) in [4.78, 5) is 11.3. The zero-order chi connectivity index (χ0) is 16.1. The molecule has 2 N–H and O–H groups in total. The van der Waals surface area contributed by atoms with Gasteiger partial charge in [-0.05, 0) is 0 Å². The standard InChI is InChI=1S/C16H12N4O2S/c21-15(22)13(11-7-3-1-4-8-11)17-19-16-20-18-14(23-16)12-9-5-2-6-10-12/h1-10H,(H,19,20)(H,21,22)/b17-13+. The molecule has 23 heavy (non-hydrogen) atoms. The molecule has 0 aliphatic carbocycles. The molecular weight excluding hydrogens is 312 g/mol. The van der Waals surface area contributed by atoms with Crippen molar-refractivity contribution in [2.24, 2.45) is 5.10 Å². The van der Waals surface area contributed by atoms with E-state index in [1.807, 2.05) is 36.4 Å². The highest BCUT2D eigenvalue weighted by molar-refractivity contribution is 7.18. The van der Waals surface area contributed by atoms with Crippen LogP contribution in [0, 0.1) is 0 Å².